The number of esters is 1. The van der Waals surface area contributed by atoms with Gasteiger partial charge < -0.3 is 24.5 Å². The molecule has 0 aliphatic rings. The molecule has 2 aromatic carbocycles. The summed E-state index contributed by atoms with van der Waals surface area (Å²) in [6.07, 6.45) is 0. The second-order valence-electron chi connectivity index (χ2n) is 7.45. The molecule has 10 nitrogen and oxygen atoms in total. The Balaban J connectivity index is 1.79. The lowest BCUT2D eigenvalue weighted by molar-refractivity contribution is -0.384. The highest BCUT2D eigenvalue weighted by Gasteiger charge is 2.21. The first-order valence-corrected chi connectivity index (χ1v) is 10.4. The molecule has 0 radical (unpaired) electrons. The molecule has 34 heavy (non-hydrogen) atoms. The number of Topliss-reactive ketones (excluding diaryl/α,β-unsaturated/α-hetero) is 1. The van der Waals surface area contributed by atoms with Gasteiger partial charge in [0.05, 0.1) is 24.2 Å². The first-order valence-electron chi connectivity index (χ1n) is 10.4. The van der Waals surface area contributed by atoms with E-state index in [-0.39, 0.29) is 30.1 Å². The summed E-state index contributed by atoms with van der Waals surface area (Å²) < 4.78 is 12.3. The highest BCUT2D eigenvalue weighted by Crippen LogP contribution is 2.25. The fourth-order valence-corrected chi connectivity index (χ4v) is 3.62. The van der Waals surface area contributed by atoms with Crippen LogP contribution in [0.3, 0.4) is 0 Å². The maximum Gasteiger partial charge on any atom is 0.340 e. The lowest BCUT2D eigenvalue weighted by atomic mass is 10.1. The Hall–Kier alpha value is -4.18. The second kappa shape index (κ2) is 10.6. The lowest BCUT2D eigenvalue weighted by Crippen LogP contribution is -2.17. The third-order valence-electron chi connectivity index (χ3n) is 5.26. The minimum Gasteiger partial charge on any atom is -0.497 e. The summed E-state index contributed by atoms with van der Waals surface area (Å²) in [5.41, 5.74) is 2.63. The van der Waals surface area contributed by atoms with Gasteiger partial charge in [0.25, 0.3) is 5.69 Å². The molecular formula is C24H25N3O7. The fourth-order valence-electron chi connectivity index (χ4n) is 3.62. The zero-order chi connectivity index (χ0) is 24.8. The Morgan fingerprint density at radius 2 is 1.79 bits per heavy atom. The van der Waals surface area contributed by atoms with Crippen molar-refractivity contribution in [3.8, 4) is 11.4 Å². The van der Waals surface area contributed by atoms with Gasteiger partial charge in [0.2, 0.25) is 5.78 Å². The van der Waals surface area contributed by atoms with E-state index in [2.05, 4.69) is 5.32 Å². The summed E-state index contributed by atoms with van der Waals surface area (Å²) >= 11 is 0. The largest absolute Gasteiger partial charge is 0.497 e. The van der Waals surface area contributed by atoms with E-state index in [1.165, 1.54) is 12.1 Å². The molecule has 1 heterocycles. The van der Waals surface area contributed by atoms with E-state index < -0.39 is 23.3 Å². The molecule has 0 saturated heterocycles. The number of rotatable bonds is 10. The lowest BCUT2D eigenvalue weighted by Gasteiger charge is -2.12. The Kier molecular flexibility index (Phi) is 7.64. The number of aliphatic hydroxyl groups excluding tert-OH is 1. The number of nitrogens with zero attached hydrogens (tertiary/aromatic N) is 2. The molecule has 0 saturated carbocycles. The molecule has 1 aromatic heterocycles. The normalized spacial score (nSPS) is 10.6. The van der Waals surface area contributed by atoms with Gasteiger partial charge in [-0.15, -0.1) is 0 Å². The van der Waals surface area contributed by atoms with Crippen LogP contribution in [0.1, 0.15) is 32.1 Å². The fraction of sp³-hybridized carbons (Fsp3) is 0.250. The number of aryl methyl sites for hydroxylation is 1. The Bertz CT molecular complexity index is 1220. The van der Waals surface area contributed by atoms with Crippen molar-refractivity contribution in [2.45, 2.75) is 13.8 Å². The highest BCUT2D eigenvalue weighted by molar-refractivity contribution is 6.02. The number of benzene rings is 2. The first kappa shape index (κ1) is 24.5. The number of carbonyl (C=O) groups excluding carboxylic acids is 2. The SMILES string of the molecule is COc1ccc(-n2c(C)cc(C(=O)COC(=O)c3cc([N+](=O)[O-])ccc3NCCO)c2C)cc1. The van der Waals surface area contributed by atoms with Crippen LogP contribution in [0.5, 0.6) is 5.75 Å². The van der Waals surface area contributed by atoms with Crippen molar-refractivity contribution in [2.24, 2.45) is 0 Å². The Morgan fingerprint density at radius 3 is 2.41 bits per heavy atom. The number of non-ortho nitro benzene ring substituents is 1. The van der Waals surface area contributed by atoms with E-state index in [9.17, 15) is 19.7 Å². The average molecular weight is 467 g/mol. The number of carbonyl (C=O) groups is 2. The molecule has 0 bridgehead atoms. The standard InChI is InChI=1S/C24H25N3O7/c1-15-12-20(16(2)26(15)17-4-7-19(33-3)8-5-17)23(29)14-34-24(30)21-13-18(27(31)32)6-9-22(21)25-10-11-28/h4-9,12-13,25,28H,10-11,14H2,1-3H3. The van der Waals surface area contributed by atoms with Gasteiger partial charge in [0.1, 0.15) is 5.75 Å². The van der Waals surface area contributed by atoms with Gasteiger partial charge >= 0.3 is 5.97 Å². The zero-order valence-corrected chi connectivity index (χ0v) is 19.0. The maximum atomic E-state index is 12.9. The minimum atomic E-state index is -0.888. The number of aromatic nitrogens is 1. The van der Waals surface area contributed by atoms with Gasteiger partial charge in [-0.25, -0.2) is 4.79 Å². The number of anilines is 1. The van der Waals surface area contributed by atoms with Crippen molar-refractivity contribution in [2.75, 3.05) is 32.2 Å². The maximum absolute atomic E-state index is 12.9. The number of hydrogen-bond acceptors (Lipinski definition) is 8. The van der Waals surface area contributed by atoms with Crippen LogP contribution in [0.25, 0.3) is 5.69 Å². The molecule has 0 unspecified atom stereocenters. The van der Waals surface area contributed by atoms with Crippen molar-refractivity contribution in [3.63, 3.8) is 0 Å². The van der Waals surface area contributed by atoms with Gasteiger partial charge in [-0.1, -0.05) is 0 Å². The van der Waals surface area contributed by atoms with E-state index >= 15 is 0 Å². The Morgan fingerprint density at radius 1 is 1.09 bits per heavy atom. The predicted octanol–water partition coefficient (Wildman–Crippen LogP) is 3.45. The molecule has 178 valence electrons. The Labute approximate surface area is 195 Å². The van der Waals surface area contributed by atoms with E-state index in [1.54, 1.807) is 20.1 Å². The highest BCUT2D eigenvalue weighted by atomic mass is 16.6. The number of nitro benzene ring substituents is 1. The number of aliphatic hydroxyl groups is 1. The molecule has 0 aliphatic carbocycles. The molecule has 0 amide bonds. The predicted molar refractivity (Wildman–Crippen MR) is 125 cm³/mol. The minimum absolute atomic E-state index is 0.0980. The quantitative estimate of drug-likeness (QED) is 0.200. The molecule has 0 atom stereocenters. The molecule has 0 aliphatic heterocycles. The van der Waals surface area contributed by atoms with Crippen molar-refractivity contribution < 1.29 is 29.1 Å². The molecule has 0 fully saturated rings. The number of nitrogens with one attached hydrogen (secondary N) is 1. The monoisotopic (exact) mass is 467 g/mol. The smallest absolute Gasteiger partial charge is 0.340 e. The van der Waals surface area contributed by atoms with Crippen LogP contribution in [-0.4, -0.2) is 53.2 Å². The third kappa shape index (κ3) is 5.24. The number of ketones is 1. The summed E-state index contributed by atoms with van der Waals surface area (Å²) in [7, 11) is 1.58. The first-order chi connectivity index (χ1) is 16.3. The molecule has 3 aromatic rings. The van der Waals surface area contributed by atoms with E-state index in [1.807, 2.05) is 35.8 Å². The van der Waals surface area contributed by atoms with Crippen molar-refractivity contribution >= 4 is 23.1 Å². The van der Waals surface area contributed by atoms with E-state index in [0.29, 0.717) is 17.0 Å². The number of methoxy groups -OCH3 is 1. The van der Waals surface area contributed by atoms with Crippen LogP contribution in [-0.2, 0) is 4.74 Å². The topological polar surface area (TPSA) is 133 Å². The van der Waals surface area contributed by atoms with Crippen LogP contribution >= 0.6 is 0 Å². The molecule has 2 N–H and O–H groups in total. The third-order valence-corrected chi connectivity index (χ3v) is 5.26. The second-order valence-corrected chi connectivity index (χ2v) is 7.45. The summed E-state index contributed by atoms with van der Waals surface area (Å²) in [6.45, 7) is 3.06. The summed E-state index contributed by atoms with van der Waals surface area (Å²) in [6, 6.07) is 12.8. The van der Waals surface area contributed by atoms with Gasteiger partial charge in [-0.3, -0.25) is 14.9 Å². The van der Waals surface area contributed by atoms with Crippen molar-refractivity contribution in [3.05, 3.63) is 81.2 Å². The van der Waals surface area contributed by atoms with Crippen LogP contribution in [0, 0.1) is 24.0 Å². The molecule has 10 heteroatoms. The van der Waals surface area contributed by atoms with E-state index in [0.717, 1.165) is 17.4 Å². The van der Waals surface area contributed by atoms with Gasteiger partial charge in [-0.2, -0.15) is 0 Å². The van der Waals surface area contributed by atoms with E-state index in [4.69, 9.17) is 14.6 Å². The number of hydrogen-bond donors (Lipinski definition) is 2. The number of nitro groups is 1. The number of ether oxygens (including phenoxy) is 2. The van der Waals surface area contributed by atoms with Crippen molar-refractivity contribution in [1.29, 1.82) is 0 Å². The molecule has 0 spiro atoms. The van der Waals surface area contributed by atoms with Gasteiger partial charge in [0, 0.05) is 47.0 Å². The van der Waals surface area contributed by atoms with Crippen LogP contribution < -0.4 is 10.1 Å². The van der Waals surface area contributed by atoms with Crippen LogP contribution in [0.2, 0.25) is 0 Å². The van der Waals surface area contributed by atoms with Crippen LogP contribution in [0.4, 0.5) is 11.4 Å². The summed E-state index contributed by atoms with van der Waals surface area (Å²) in [5, 5.41) is 22.9. The average Bonchev–Trinajstić information content (AvgIpc) is 3.14. The summed E-state index contributed by atoms with van der Waals surface area (Å²) in [5.74, 6) is -0.582. The summed E-state index contributed by atoms with van der Waals surface area (Å²) in [4.78, 5) is 36.0. The van der Waals surface area contributed by atoms with Gasteiger partial charge in [-0.05, 0) is 50.2 Å². The van der Waals surface area contributed by atoms with Crippen molar-refractivity contribution in [1.82, 2.24) is 4.57 Å². The molecular weight excluding hydrogens is 442 g/mol. The van der Waals surface area contributed by atoms with Crippen LogP contribution in [0.15, 0.2) is 48.5 Å². The van der Waals surface area contributed by atoms with Gasteiger partial charge in [0.15, 0.2) is 6.61 Å². The molecule has 3 rings (SSSR count). The zero-order valence-electron chi connectivity index (χ0n) is 19.0.